The highest BCUT2D eigenvalue weighted by atomic mass is 35.5. The Hall–Kier alpha value is -1.42. The molecule has 0 unspecified atom stereocenters. The summed E-state index contributed by atoms with van der Waals surface area (Å²) < 4.78 is 28.3. The average Bonchev–Trinajstić information content (AvgIpc) is 3.01. The van der Waals surface area contributed by atoms with Gasteiger partial charge in [0.05, 0.1) is 6.54 Å². The summed E-state index contributed by atoms with van der Waals surface area (Å²) >= 11 is 7.20. The molecule has 0 aliphatic rings. The molecule has 0 radical (unpaired) electrons. The van der Waals surface area contributed by atoms with Crippen LogP contribution in [0.2, 0.25) is 5.15 Å². The minimum atomic E-state index is -3.76. The van der Waals surface area contributed by atoms with Gasteiger partial charge >= 0.3 is 0 Å². The zero-order chi connectivity index (χ0) is 13.5. The summed E-state index contributed by atoms with van der Waals surface area (Å²) in [5.74, 6) is 0.519. The van der Waals surface area contributed by atoms with Crippen LogP contribution in [-0.2, 0) is 16.6 Å². The van der Waals surface area contributed by atoms with Crippen LogP contribution in [0, 0.1) is 0 Å². The SMILES string of the molecule is O=S(=O)(NCc1ncc[nH]1)c1c(Cl)nc2sccn12. The molecule has 0 saturated carbocycles. The van der Waals surface area contributed by atoms with E-state index in [-0.39, 0.29) is 16.7 Å². The van der Waals surface area contributed by atoms with Gasteiger partial charge in [-0.15, -0.1) is 11.3 Å². The largest absolute Gasteiger partial charge is 0.347 e. The molecule has 0 amide bonds. The summed E-state index contributed by atoms with van der Waals surface area (Å²) in [5, 5.41) is 1.64. The second-order valence-electron chi connectivity index (χ2n) is 3.62. The van der Waals surface area contributed by atoms with E-state index < -0.39 is 10.0 Å². The molecule has 0 spiro atoms. The molecule has 0 bridgehead atoms. The first kappa shape index (κ1) is 12.6. The maximum atomic E-state index is 12.2. The van der Waals surface area contributed by atoms with E-state index in [4.69, 9.17) is 11.6 Å². The van der Waals surface area contributed by atoms with Crippen molar-refractivity contribution in [1.29, 1.82) is 0 Å². The van der Waals surface area contributed by atoms with Crippen molar-refractivity contribution in [3.05, 3.63) is 34.9 Å². The van der Waals surface area contributed by atoms with Gasteiger partial charge in [-0.3, -0.25) is 4.40 Å². The fourth-order valence-electron chi connectivity index (χ4n) is 1.61. The van der Waals surface area contributed by atoms with Crippen LogP contribution in [0.3, 0.4) is 0 Å². The lowest BCUT2D eigenvalue weighted by molar-refractivity contribution is 0.575. The van der Waals surface area contributed by atoms with Crippen LogP contribution in [0.1, 0.15) is 5.82 Å². The molecular formula is C9H8ClN5O2S2. The number of thiazole rings is 1. The highest BCUT2D eigenvalue weighted by Crippen LogP contribution is 2.25. The lowest BCUT2D eigenvalue weighted by Crippen LogP contribution is -2.25. The topological polar surface area (TPSA) is 92.1 Å². The van der Waals surface area contributed by atoms with Gasteiger partial charge in [0, 0.05) is 24.0 Å². The van der Waals surface area contributed by atoms with E-state index in [1.165, 1.54) is 15.7 Å². The van der Waals surface area contributed by atoms with E-state index in [1.54, 1.807) is 24.0 Å². The molecule has 3 rings (SSSR count). The monoisotopic (exact) mass is 317 g/mol. The number of nitrogens with one attached hydrogen (secondary N) is 2. The summed E-state index contributed by atoms with van der Waals surface area (Å²) in [4.78, 5) is 11.3. The van der Waals surface area contributed by atoms with E-state index in [9.17, 15) is 8.42 Å². The first-order chi connectivity index (χ1) is 9.08. The maximum absolute atomic E-state index is 12.2. The lowest BCUT2D eigenvalue weighted by Gasteiger charge is -2.04. The van der Waals surface area contributed by atoms with Crippen LogP contribution >= 0.6 is 22.9 Å². The molecule has 2 N–H and O–H groups in total. The van der Waals surface area contributed by atoms with Gasteiger partial charge in [0.15, 0.2) is 15.1 Å². The van der Waals surface area contributed by atoms with Gasteiger partial charge in [0.1, 0.15) is 5.82 Å². The molecule has 0 fully saturated rings. The normalized spacial score (nSPS) is 12.3. The van der Waals surface area contributed by atoms with Gasteiger partial charge in [0.25, 0.3) is 10.0 Å². The molecule has 19 heavy (non-hydrogen) atoms. The quantitative estimate of drug-likeness (QED) is 0.757. The number of rotatable bonds is 4. The third kappa shape index (κ3) is 2.25. The number of nitrogens with zero attached hydrogens (tertiary/aromatic N) is 3. The predicted molar refractivity (Wildman–Crippen MR) is 70.7 cm³/mol. The van der Waals surface area contributed by atoms with Crippen LogP contribution in [0.15, 0.2) is 29.0 Å². The van der Waals surface area contributed by atoms with E-state index >= 15 is 0 Å². The third-order valence-electron chi connectivity index (χ3n) is 2.42. The molecule has 3 aromatic rings. The number of hydrogen-bond acceptors (Lipinski definition) is 5. The summed E-state index contributed by atoms with van der Waals surface area (Å²) in [6.45, 7) is 0.0586. The van der Waals surface area contributed by atoms with Gasteiger partial charge in [-0.1, -0.05) is 11.6 Å². The molecule has 10 heteroatoms. The summed E-state index contributed by atoms with van der Waals surface area (Å²) in [6.07, 6.45) is 4.78. The first-order valence-corrected chi connectivity index (χ1v) is 7.91. The Morgan fingerprint density at radius 1 is 1.53 bits per heavy atom. The third-order valence-corrected chi connectivity index (χ3v) is 4.97. The van der Waals surface area contributed by atoms with Crippen molar-refractivity contribution in [2.75, 3.05) is 0 Å². The number of aromatic nitrogens is 4. The van der Waals surface area contributed by atoms with Crippen LogP contribution in [0.25, 0.3) is 4.96 Å². The summed E-state index contributed by atoms with van der Waals surface area (Å²) in [6, 6.07) is 0. The van der Waals surface area contributed by atoms with Crippen molar-refractivity contribution in [2.45, 2.75) is 11.6 Å². The Balaban J connectivity index is 1.95. The summed E-state index contributed by atoms with van der Waals surface area (Å²) in [5.41, 5.74) is 0. The molecule has 0 aliphatic heterocycles. The number of aromatic amines is 1. The zero-order valence-corrected chi connectivity index (χ0v) is 11.8. The predicted octanol–water partition coefficient (Wildman–Crippen LogP) is 1.25. The molecule has 100 valence electrons. The van der Waals surface area contributed by atoms with Crippen molar-refractivity contribution in [1.82, 2.24) is 24.1 Å². The van der Waals surface area contributed by atoms with E-state index in [0.29, 0.717) is 10.8 Å². The highest BCUT2D eigenvalue weighted by molar-refractivity contribution is 7.89. The zero-order valence-electron chi connectivity index (χ0n) is 9.37. The lowest BCUT2D eigenvalue weighted by atomic mass is 10.6. The van der Waals surface area contributed by atoms with E-state index in [0.717, 1.165) is 0 Å². The number of hydrogen-bond donors (Lipinski definition) is 2. The second-order valence-corrected chi connectivity index (χ2v) is 6.54. The average molecular weight is 318 g/mol. The molecule has 3 heterocycles. The fourth-order valence-corrected chi connectivity index (χ4v) is 4.04. The van der Waals surface area contributed by atoms with Gasteiger partial charge in [-0.2, -0.15) is 0 Å². The van der Waals surface area contributed by atoms with Crippen molar-refractivity contribution in [3.8, 4) is 0 Å². The van der Waals surface area contributed by atoms with Crippen LogP contribution in [0.4, 0.5) is 0 Å². The molecule has 0 saturated heterocycles. The van der Waals surface area contributed by atoms with Crippen LogP contribution in [0.5, 0.6) is 0 Å². The minimum absolute atomic E-state index is 0.0428. The number of fused-ring (bicyclic) bond motifs is 1. The Morgan fingerprint density at radius 3 is 3.11 bits per heavy atom. The smallest absolute Gasteiger partial charge is 0.260 e. The van der Waals surface area contributed by atoms with Gasteiger partial charge in [0.2, 0.25) is 0 Å². The second kappa shape index (κ2) is 4.60. The Labute approximate surface area is 117 Å². The Morgan fingerprint density at radius 2 is 2.37 bits per heavy atom. The van der Waals surface area contributed by atoms with Crippen molar-refractivity contribution in [3.63, 3.8) is 0 Å². The Bertz CT molecular complexity index is 805. The summed E-state index contributed by atoms with van der Waals surface area (Å²) in [7, 11) is -3.76. The van der Waals surface area contributed by atoms with Crippen molar-refractivity contribution < 1.29 is 8.42 Å². The van der Waals surface area contributed by atoms with Crippen molar-refractivity contribution in [2.24, 2.45) is 0 Å². The molecule has 3 aromatic heterocycles. The number of halogens is 1. The van der Waals surface area contributed by atoms with Crippen LogP contribution < -0.4 is 4.72 Å². The maximum Gasteiger partial charge on any atom is 0.260 e. The van der Waals surface area contributed by atoms with Crippen molar-refractivity contribution >= 4 is 37.9 Å². The minimum Gasteiger partial charge on any atom is -0.347 e. The van der Waals surface area contributed by atoms with E-state index in [2.05, 4.69) is 19.7 Å². The number of sulfonamides is 1. The number of imidazole rings is 2. The van der Waals surface area contributed by atoms with Gasteiger partial charge < -0.3 is 4.98 Å². The molecule has 0 atom stereocenters. The number of H-pyrrole nitrogens is 1. The van der Waals surface area contributed by atoms with Gasteiger partial charge in [-0.25, -0.2) is 23.1 Å². The molecule has 7 nitrogen and oxygen atoms in total. The standard InChI is InChI=1S/C9H8ClN5O2S2/c10-7-8(15-3-4-18-9(15)14-7)19(16,17)13-5-6-11-1-2-12-6/h1-4,13H,5H2,(H,11,12). The first-order valence-electron chi connectivity index (χ1n) is 5.17. The van der Waals surface area contributed by atoms with E-state index in [1.807, 2.05) is 0 Å². The molecular weight excluding hydrogens is 310 g/mol. The Kier molecular flexibility index (Phi) is 3.05. The highest BCUT2D eigenvalue weighted by Gasteiger charge is 2.24. The van der Waals surface area contributed by atoms with Gasteiger partial charge in [-0.05, 0) is 0 Å². The molecule has 0 aliphatic carbocycles. The fraction of sp³-hybridized carbons (Fsp3) is 0.111. The molecule has 0 aromatic carbocycles. The van der Waals surface area contributed by atoms with Crippen LogP contribution in [-0.4, -0.2) is 27.8 Å².